The topological polar surface area (TPSA) is 56.7 Å². The Labute approximate surface area is 305 Å². The van der Waals surface area contributed by atoms with Crippen molar-refractivity contribution in [1.82, 2.24) is 19.5 Å². The van der Waals surface area contributed by atoms with Crippen LogP contribution in [0, 0.1) is 0 Å². The molecule has 1 aliphatic carbocycles. The molecule has 53 heavy (non-hydrogen) atoms. The Hall–Kier alpha value is -6.85. The van der Waals surface area contributed by atoms with Gasteiger partial charge < -0.3 is 8.98 Å². The smallest absolute Gasteiger partial charge is 0.164 e. The summed E-state index contributed by atoms with van der Waals surface area (Å²) in [5.41, 5.74) is 13.2. The van der Waals surface area contributed by atoms with E-state index in [1.807, 2.05) is 66.7 Å². The van der Waals surface area contributed by atoms with Gasteiger partial charge in [-0.15, -0.1) is 0 Å². The Balaban J connectivity index is 1.07. The van der Waals surface area contributed by atoms with Crippen molar-refractivity contribution in [2.24, 2.45) is 0 Å². The van der Waals surface area contributed by atoms with Crippen molar-refractivity contribution in [2.75, 3.05) is 0 Å². The number of hydrogen-bond acceptors (Lipinski definition) is 4. The van der Waals surface area contributed by atoms with E-state index in [9.17, 15) is 0 Å². The first kappa shape index (κ1) is 29.8. The van der Waals surface area contributed by atoms with Crippen LogP contribution in [-0.4, -0.2) is 19.5 Å². The molecule has 11 rings (SSSR count). The Morgan fingerprint density at radius 1 is 0.472 bits per heavy atom. The van der Waals surface area contributed by atoms with Crippen molar-refractivity contribution < 1.29 is 4.42 Å². The Bertz CT molecular complexity index is 3010. The minimum absolute atomic E-state index is 0.234. The first-order valence-corrected chi connectivity index (χ1v) is 18.0. The summed E-state index contributed by atoms with van der Waals surface area (Å²) < 4.78 is 8.77. The molecular weight excluding hydrogens is 649 g/mol. The highest BCUT2D eigenvalue weighted by molar-refractivity contribution is 6.15. The highest BCUT2D eigenvalue weighted by Gasteiger charge is 2.39. The van der Waals surface area contributed by atoms with Crippen molar-refractivity contribution in [1.29, 1.82) is 0 Å². The van der Waals surface area contributed by atoms with E-state index in [4.69, 9.17) is 19.4 Å². The number of aromatic nitrogens is 4. The zero-order valence-electron chi connectivity index (χ0n) is 29.2. The van der Waals surface area contributed by atoms with Gasteiger partial charge in [-0.25, -0.2) is 15.0 Å². The number of fused-ring (bicyclic) bond motifs is 10. The Morgan fingerprint density at radius 3 is 1.74 bits per heavy atom. The summed E-state index contributed by atoms with van der Waals surface area (Å²) >= 11 is 0. The van der Waals surface area contributed by atoms with Gasteiger partial charge in [-0.1, -0.05) is 117 Å². The molecule has 0 radical (unpaired) electrons. The van der Waals surface area contributed by atoms with Crippen molar-refractivity contribution in [3.8, 4) is 51.0 Å². The quantitative estimate of drug-likeness (QED) is 0.186. The predicted molar refractivity (Wildman–Crippen MR) is 215 cm³/mol. The summed E-state index contributed by atoms with van der Waals surface area (Å²) in [5, 5.41) is 4.86. The van der Waals surface area contributed by atoms with Crippen molar-refractivity contribution in [3.63, 3.8) is 0 Å². The summed E-state index contributed by atoms with van der Waals surface area (Å²) in [4.78, 5) is 14.8. The fourth-order valence-corrected chi connectivity index (χ4v) is 8.56. The lowest BCUT2D eigenvalue weighted by Crippen LogP contribution is -2.15. The van der Waals surface area contributed by atoms with Gasteiger partial charge in [0.25, 0.3) is 0 Å². The van der Waals surface area contributed by atoms with Crippen LogP contribution in [0.3, 0.4) is 0 Å². The van der Waals surface area contributed by atoms with Crippen LogP contribution in [0.25, 0.3) is 94.7 Å². The van der Waals surface area contributed by atoms with E-state index < -0.39 is 0 Å². The standard InChI is InChI=1S/C48H32N4O/c1-48(2)38-28-42-37(33-17-10-12-20-41(33)53-42)27-36(38)34-25-26-40-43(44(34)48)35-18-9-11-19-39(35)52(40)32-23-21-31(22-24-32)47-50-45(29-13-5-3-6-14-29)49-46(51-47)30-15-7-4-8-16-30/h3-28H,1-2H3. The van der Waals surface area contributed by atoms with E-state index >= 15 is 0 Å². The number of hydrogen-bond donors (Lipinski definition) is 0. The third kappa shape index (κ3) is 4.40. The third-order valence-corrected chi connectivity index (χ3v) is 11.0. The van der Waals surface area contributed by atoms with E-state index in [1.165, 1.54) is 44.1 Å². The second-order valence-electron chi connectivity index (χ2n) is 14.4. The lowest BCUT2D eigenvalue weighted by Gasteiger charge is -2.22. The fourth-order valence-electron chi connectivity index (χ4n) is 8.56. The molecule has 5 heteroatoms. The zero-order valence-corrected chi connectivity index (χ0v) is 29.2. The molecule has 5 nitrogen and oxygen atoms in total. The van der Waals surface area contributed by atoms with Crippen molar-refractivity contribution in [3.05, 3.63) is 169 Å². The molecule has 0 amide bonds. The first-order chi connectivity index (χ1) is 26.0. The second-order valence-corrected chi connectivity index (χ2v) is 14.4. The van der Waals surface area contributed by atoms with Crippen LogP contribution in [-0.2, 0) is 5.41 Å². The van der Waals surface area contributed by atoms with Gasteiger partial charge in [-0.2, -0.15) is 0 Å². The summed E-state index contributed by atoms with van der Waals surface area (Å²) in [6, 6.07) is 55.2. The van der Waals surface area contributed by atoms with Crippen LogP contribution in [0.1, 0.15) is 25.0 Å². The average Bonchev–Trinajstić information content (AvgIpc) is 3.82. The minimum atomic E-state index is -0.234. The van der Waals surface area contributed by atoms with Crippen LogP contribution in [0.4, 0.5) is 0 Å². The van der Waals surface area contributed by atoms with Crippen LogP contribution in [0.2, 0.25) is 0 Å². The minimum Gasteiger partial charge on any atom is -0.456 e. The van der Waals surface area contributed by atoms with E-state index in [0.29, 0.717) is 17.5 Å². The molecule has 3 aromatic heterocycles. The molecule has 0 saturated carbocycles. The monoisotopic (exact) mass is 680 g/mol. The van der Waals surface area contributed by atoms with E-state index in [2.05, 4.69) is 109 Å². The fraction of sp³-hybridized carbons (Fsp3) is 0.0625. The van der Waals surface area contributed by atoms with Crippen LogP contribution in [0.15, 0.2) is 162 Å². The van der Waals surface area contributed by atoms with E-state index in [-0.39, 0.29) is 5.41 Å². The largest absolute Gasteiger partial charge is 0.456 e. The maximum Gasteiger partial charge on any atom is 0.164 e. The normalized spacial score (nSPS) is 13.2. The molecule has 0 bridgehead atoms. The molecule has 0 N–H and O–H groups in total. The molecule has 0 saturated heterocycles. The molecule has 0 aliphatic heterocycles. The van der Waals surface area contributed by atoms with Crippen LogP contribution >= 0.6 is 0 Å². The van der Waals surface area contributed by atoms with E-state index in [1.54, 1.807) is 0 Å². The molecule has 10 aromatic rings. The van der Waals surface area contributed by atoms with Gasteiger partial charge in [0.2, 0.25) is 0 Å². The molecular formula is C48H32N4O. The highest BCUT2D eigenvalue weighted by Crippen LogP contribution is 2.54. The number of benzene rings is 7. The number of nitrogens with zero attached hydrogens (tertiary/aromatic N) is 4. The Kier molecular flexibility index (Phi) is 6.23. The molecule has 7 aromatic carbocycles. The van der Waals surface area contributed by atoms with Gasteiger partial charge in [0.15, 0.2) is 17.5 Å². The van der Waals surface area contributed by atoms with Gasteiger partial charge in [-0.3, -0.25) is 0 Å². The van der Waals surface area contributed by atoms with Crippen LogP contribution < -0.4 is 0 Å². The number of para-hydroxylation sites is 2. The van der Waals surface area contributed by atoms with Gasteiger partial charge in [-0.05, 0) is 76.9 Å². The summed E-state index contributed by atoms with van der Waals surface area (Å²) in [7, 11) is 0. The maximum atomic E-state index is 6.37. The molecule has 1 aliphatic rings. The van der Waals surface area contributed by atoms with Gasteiger partial charge in [0.05, 0.1) is 11.0 Å². The lowest BCUT2D eigenvalue weighted by molar-refractivity contribution is 0.650. The molecule has 0 unspecified atom stereocenters. The number of furan rings is 1. The van der Waals surface area contributed by atoms with Gasteiger partial charge in [0.1, 0.15) is 11.2 Å². The second kappa shape index (κ2) is 11.1. The Morgan fingerprint density at radius 2 is 1.06 bits per heavy atom. The molecule has 0 fully saturated rings. The molecule has 250 valence electrons. The summed E-state index contributed by atoms with van der Waals surface area (Å²) in [6.07, 6.45) is 0. The SMILES string of the molecule is CC1(C)c2cc3oc4ccccc4c3cc2-c2ccc3c(c21)c1ccccc1n3-c1ccc(-c2nc(-c3ccccc3)nc(-c3ccccc3)n2)cc1. The van der Waals surface area contributed by atoms with Crippen molar-refractivity contribution in [2.45, 2.75) is 19.3 Å². The lowest BCUT2D eigenvalue weighted by atomic mass is 9.80. The highest BCUT2D eigenvalue weighted by atomic mass is 16.3. The van der Waals surface area contributed by atoms with Gasteiger partial charge in [0, 0.05) is 49.3 Å². The number of rotatable bonds is 4. The maximum absolute atomic E-state index is 6.37. The summed E-state index contributed by atoms with van der Waals surface area (Å²) in [6.45, 7) is 4.71. The average molecular weight is 681 g/mol. The first-order valence-electron chi connectivity index (χ1n) is 18.0. The van der Waals surface area contributed by atoms with Gasteiger partial charge >= 0.3 is 0 Å². The van der Waals surface area contributed by atoms with E-state index in [0.717, 1.165) is 44.3 Å². The van der Waals surface area contributed by atoms with Crippen LogP contribution in [0.5, 0.6) is 0 Å². The predicted octanol–water partition coefficient (Wildman–Crippen LogP) is 12.2. The third-order valence-electron chi connectivity index (χ3n) is 11.0. The zero-order chi connectivity index (χ0) is 35.3. The molecule has 3 heterocycles. The molecule has 0 atom stereocenters. The molecule has 0 spiro atoms. The summed E-state index contributed by atoms with van der Waals surface area (Å²) in [5.74, 6) is 1.95. The van der Waals surface area contributed by atoms with Crippen molar-refractivity contribution >= 4 is 43.7 Å².